The van der Waals surface area contributed by atoms with Crippen molar-refractivity contribution in [1.29, 1.82) is 0 Å². The van der Waals surface area contributed by atoms with Crippen molar-refractivity contribution in [3.05, 3.63) is 28.5 Å². The minimum absolute atomic E-state index is 0.416. The molecule has 1 saturated carbocycles. The van der Waals surface area contributed by atoms with E-state index < -0.39 is 5.60 Å². The summed E-state index contributed by atoms with van der Waals surface area (Å²) < 4.78 is 12.1. The largest absolute Gasteiger partial charge is 0.398 e. The molecule has 3 rings (SSSR count). The van der Waals surface area contributed by atoms with Gasteiger partial charge in [0.2, 0.25) is 5.82 Å². The Hall–Kier alpha value is -1.40. The molecule has 0 aliphatic heterocycles. The normalized spacial score (nSPS) is 17.8. The number of hydrogen-bond acceptors (Lipinski definition) is 5. The number of ether oxygens (including phenoxy) is 1. The quantitative estimate of drug-likeness (QED) is 0.849. The molecule has 1 aliphatic carbocycles. The average Bonchev–Trinajstić information content (AvgIpc) is 3.00. The third-order valence-corrected chi connectivity index (χ3v) is 4.62. The van der Waals surface area contributed by atoms with E-state index in [4.69, 9.17) is 15.0 Å². The molecule has 5 nitrogen and oxygen atoms in total. The Bertz CT molecular complexity index is 636. The van der Waals surface area contributed by atoms with Gasteiger partial charge >= 0.3 is 0 Å². The second-order valence-corrected chi connectivity index (χ2v) is 6.33. The number of nitrogens with two attached hydrogens (primary N) is 1. The van der Waals surface area contributed by atoms with Crippen LogP contribution >= 0.6 is 15.9 Å². The number of aromatic nitrogens is 2. The summed E-state index contributed by atoms with van der Waals surface area (Å²) >= 11 is 3.43. The SMILES string of the molecule is COC1(c2noc(-c3cc(Br)ccc3N)n2)CCCCC1. The Kier molecular flexibility index (Phi) is 3.99. The average molecular weight is 352 g/mol. The molecule has 0 saturated heterocycles. The van der Waals surface area contributed by atoms with Gasteiger partial charge in [-0.05, 0) is 31.0 Å². The van der Waals surface area contributed by atoms with Crippen molar-refractivity contribution in [2.24, 2.45) is 0 Å². The van der Waals surface area contributed by atoms with Crippen molar-refractivity contribution < 1.29 is 9.26 Å². The first-order chi connectivity index (χ1) is 10.1. The van der Waals surface area contributed by atoms with Crippen LogP contribution in [0.5, 0.6) is 0 Å². The summed E-state index contributed by atoms with van der Waals surface area (Å²) in [5.41, 5.74) is 6.93. The topological polar surface area (TPSA) is 74.2 Å². The van der Waals surface area contributed by atoms with E-state index in [9.17, 15) is 0 Å². The molecule has 0 amide bonds. The van der Waals surface area contributed by atoms with Gasteiger partial charge in [0.25, 0.3) is 5.89 Å². The van der Waals surface area contributed by atoms with Crippen LogP contribution in [0, 0.1) is 0 Å². The smallest absolute Gasteiger partial charge is 0.260 e. The van der Waals surface area contributed by atoms with Gasteiger partial charge in [-0.3, -0.25) is 0 Å². The first-order valence-electron chi connectivity index (χ1n) is 7.09. The number of rotatable bonds is 3. The summed E-state index contributed by atoms with van der Waals surface area (Å²) in [5.74, 6) is 1.06. The highest BCUT2D eigenvalue weighted by Gasteiger charge is 2.38. The van der Waals surface area contributed by atoms with Crippen molar-refractivity contribution in [3.8, 4) is 11.5 Å². The van der Waals surface area contributed by atoms with Crippen LogP contribution in [0.2, 0.25) is 0 Å². The summed E-state index contributed by atoms with van der Waals surface area (Å²) in [6.45, 7) is 0. The zero-order valence-corrected chi connectivity index (χ0v) is 13.5. The van der Waals surface area contributed by atoms with Crippen molar-refractivity contribution in [3.63, 3.8) is 0 Å². The number of nitrogens with zero attached hydrogens (tertiary/aromatic N) is 2. The molecule has 0 spiro atoms. The van der Waals surface area contributed by atoms with Crippen LogP contribution in [0.3, 0.4) is 0 Å². The molecule has 1 aromatic heterocycles. The van der Waals surface area contributed by atoms with Crippen molar-refractivity contribution in [2.45, 2.75) is 37.7 Å². The Morgan fingerprint density at radius 2 is 2.05 bits per heavy atom. The van der Waals surface area contributed by atoms with Crippen molar-refractivity contribution >= 4 is 21.6 Å². The third kappa shape index (κ3) is 2.70. The summed E-state index contributed by atoms with van der Waals surface area (Å²) in [5, 5.41) is 4.15. The highest BCUT2D eigenvalue weighted by molar-refractivity contribution is 9.10. The van der Waals surface area contributed by atoms with Crippen LogP contribution in [0.15, 0.2) is 27.2 Å². The predicted octanol–water partition coefficient (Wildman–Crippen LogP) is 3.89. The maximum absolute atomic E-state index is 5.99. The van der Waals surface area contributed by atoms with Gasteiger partial charge in [0.15, 0.2) is 0 Å². The lowest BCUT2D eigenvalue weighted by atomic mass is 9.84. The van der Waals surface area contributed by atoms with E-state index >= 15 is 0 Å². The molecule has 2 N–H and O–H groups in total. The van der Waals surface area contributed by atoms with E-state index in [1.54, 1.807) is 7.11 Å². The van der Waals surface area contributed by atoms with E-state index in [0.717, 1.165) is 35.7 Å². The van der Waals surface area contributed by atoms with E-state index in [1.165, 1.54) is 6.42 Å². The number of halogens is 1. The zero-order valence-electron chi connectivity index (χ0n) is 11.9. The summed E-state index contributed by atoms with van der Waals surface area (Å²) in [6, 6.07) is 5.58. The van der Waals surface area contributed by atoms with E-state index in [-0.39, 0.29) is 0 Å². The Balaban J connectivity index is 1.97. The lowest BCUT2D eigenvalue weighted by molar-refractivity contribution is -0.0527. The number of anilines is 1. The van der Waals surface area contributed by atoms with Crippen LogP contribution in [-0.4, -0.2) is 17.3 Å². The fourth-order valence-corrected chi connectivity index (χ4v) is 3.23. The molecule has 1 heterocycles. The standard InChI is InChI=1S/C15H18BrN3O2/c1-20-15(7-3-2-4-8-15)14-18-13(21-19-14)11-9-10(16)5-6-12(11)17/h5-6,9H,2-4,7-8,17H2,1H3. The number of nitrogen functional groups attached to an aromatic ring is 1. The second kappa shape index (κ2) is 5.77. The van der Waals surface area contributed by atoms with Gasteiger partial charge in [-0.1, -0.05) is 40.3 Å². The Labute approximate surface area is 132 Å². The van der Waals surface area contributed by atoms with Crippen LogP contribution in [0.25, 0.3) is 11.5 Å². The van der Waals surface area contributed by atoms with Gasteiger partial charge < -0.3 is 15.0 Å². The van der Waals surface area contributed by atoms with Gasteiger partial charge in [-0.15, -0.1) is 0 Å². The minimum atomic E-state index is -0.416. The van der Waals surface area contributed by atoms with E-state index in [0.29, 0.717) is 17.4 Å². The third-order valence-electron chi connectivity index (χ3n) is 4.13. The lowest BCUT2D eigenvalue weighted by Gasteiger charge is -2.32. The maximum atomic E-state index is 5.99. The molecular formula is C15H18BrN3O2. The fourth-order valence-electron chi connectivity index (χ4n) is 2.87. The van der Waals surface area contributed by atoms with Crippen LogP contribution in [0.1, 0.15) is 37.9 Å². The molecule has 0 radical (unpaired) electrons. The highest BCUT2D eigenvalue weighted by atomic mass is 79.9. The molecule has 112 valence electrons. The molecule has 1 aromatic carbocycles. The molecule has 2 aromatic rings. The van der Waals surface area contributed by atoms with Crippen LogP contribution in [-0.2, 0) is 10.3 Å². The van der Waals surface area contributed by atoms with E-state index in [1.807, 2.05) is 18.2 Å². The van der Waals surface area contributed by atoms with Crippen LogP contribution in [0.4, 0.5) is 5.69 Å². The Morgan fingerprint density at radius 3 is 2.76 bits per heavy atom. The number of benzene rings is 1. The number of methoxy groups -OCH3 is 1. The molecule has 0 unspecified atom stereocenters. The molecular weight excluding hydrogens is 334 g/mol. The molecule has 1 fully saturated rings. The molecule has 0 atom stereocenters. The number of hydrogen-bond donors (Lipinski definition) is 1. The van der Waals surface area contributed by atoms with Crippen LogP contribution < -0.4 is 5.73 Å². The predicted molar refractivity (Wildman–Crippen MR) is 83.6 cm³/mol. The van der Waals surface area contributed by atoms with Gasteiger partial charge in [-0.2, -0.15) is 4.98 Å². The van der Waals surface area contributed by atoms with Gasteiger partial charge in [-0.25, -0.2) is 0 Å². The minimum Gasteiger partial charge on any atom is -0.398 e. The van der Waals surface area contributed by atoms with Gasteiger partial charge in [0.05, 0.1) is 5.56 Å². The second-order valence-electron chi connectivity index (χ2n) is 5.41. The van der Waals surface area contributed by atoms with Gasteiger partial charge in [0.1, 0.15) is 5.60 Å². The van der Waals surface area contributed by atoms with Crippen molar-refractivity contribution in [1.82, 2.24) is 10.1 Å². The maximum Gasteiger partial charge on any atom is 0.260 e. The molecule has 0 bridgehead atoms. The first-order valence-corrected chi connectivity index (χ1v) is 7.89. The highest BCUT2D eigenvalue weighted by Crippen LogP contribution is 2.39. The van der Waals surface area contributed by atoms with Crippen molar-refractivity contribution in [2.75, 3.05) is 12.8 Å². The van der Waals surface area contributed by atoms with Gasteiger partial charge in [0, 0.05) is 17.3 Å². The molecule has 1 aliphatic rings. The summed E-state index contributed by atoms with van der Waals surface area (Å²) in [6.07, 6.45) is 5.33. The van der Waals surface area contributed by atoms with E-state index in [2.05, 4.69) is 26.1 Å². The summed E-state index contributed by atoms with van der Waals surface area (Å²) in [7, 11) is 1.72. The zero-order chi connectivity index (χ0) is 14.9. The Morgan fingerprint density at radius 1 is 1.29 bits per heavy atom. The molecule has 6 heteroatoms. The monoisotopic (exact) mass is 351 g/mol. The lowest BCUT2D eigenvalue weighted by Crippen LogP contribution is -2.32. The first kappa shape index (κ1) is 14.5. The fraction of sp³-hybridized carbons (Fsp3) is 0.467. The summed E-state index contributed by atoms with van der Waals surface area (Å²) in [4.78, 5) is 4.55. The molecule has 21 heavy (non-hydrogen) atoms.